The van der Waals surface area contributed by atoms with Crippen molar-refractivity contribution in [2.24, 2.45) is 27.1 Å². The third-order valence-corrected chi connectivity index (χ3v) is 10.2. The van der Waals surface area contributed by atoms with E-state index in [-0.39, 0.29) is 5.69 Å². The number of hydrogen-bond donors (Lipinski definition) is 2. The third kappa shape index (κ3) is 7.46. The van der Waals surface area contributed by atoms with Gasteiger partial charge >= 0.3 is 0 Å². The predicted molar refractivity (Wildman–Crippen MR) is 199 cm³/mol. The summed E-state index contributed by atoms with van der Waals surface area (Å²) in [6, 6.07) is 20.5. The predicted octanol–water partition coefficient (Wildman–Crippen LogP) is 9.21. The number of piperidine rings is 1. The summed E-state index contributed by atoms with van der Waals surface area (Å²) < 4.78 is 28.9. The summed E-state index contributed by atoms with van der Waals surface area (Å²) in [4.78, 5) is 16.0. The molecule has 0 spiro atoms. The number of nitrogens with two attached hydrogens (primary N) is 1. The molecule has 1 atom stereocenters. The van der Waals surface area contributed by atoms with Crippen LogP contribution in [0.1, 0.15) is 78.7 Å². The van der Waals surface area contributed by atoms with Crippen LogP contribution < -0.4 is 11.1 Å². The van der Waals surface area contributed by atoms with Crippen molar-refractivity contribution in [2.75, 3.05) is 18.4 Å². The van der Waals surface area contributed by atoms with Crippen LogP contribution in [0.15, 0.2) is 76.8 Å². The number of likely N-dealkylation sites (tertiary alicyclic amines) is 1. The van der Waals surface area contributed by atoms with Gasteiger partial charge in [-0.25, -0.2) is 13.8 Å². The molecule has 1 fully saturated rings. The van der Waals surface area contributed by atoms with Crippen LogP contribution in [-0.2, 0) is 13.0 Å². The standard InChI is InChI=1S/C41H45F2N7/c1-25-16-37(47-24-45)38(46-22-25)39(40(42)43)48-31-9-6-8-28(19-31)32-10-7-11-33(26(32)2)36-20-34-29(21-44)17-27(18-35(34)49-36)23-50-14-12-30(13-15-50)41(3,4)5/h6-11,16-19,22,24,30,39-40,48H,12-15,20,23H2,1-5H3,(H2,45,47). The Labute approximate surface area is 294 Å². The average molecular weight is 674 g/mol. The maximum absolute atomic E-state index is 14.4. The second-order valence-corrected chi connectivity index (χ2v) is 14.6. The van der Waals surface area contributed by atoms with Gasteiger partial charge in [0.2, 0.25) is 0 Å². The van der Waals surface area contributed by atoms with Crippen LogP contribution in [-0.4, -0.2) is 41.4 Å². The van der Waals surface area contributed by atoms with Crippen molar-refractivity contribution in [3.8, 4) is 17.2 Å². The number of fused-ring (bicyclic) bond motifs is 1. The van der Waals surface area contributed by atoms with Crippen LogP contribution in [0, 0.1) is 36.5 Å². The first-order chi connectivity index (χ1) is 23.9. The van der Waals surface area contributed by atoms with Gasteiger partial charge in [0.1, 0.15) is 6.04 Å². The normalized spacial score (nSPS) is 16.0. The molecule has 3 aromatic carbocycles. The number of halogens is 2. The number of nitriles is 1. The van der Waals surface area contributed by atoms with Gasteiger partial charge in [-0.3, -0.25) is 14.9 Å². The molecule has 50 heavy (non-hydrogen) atoms. The van der Waals surface area contributed by atoms with Crippen molar-refractivity contribution < 1.29 is 8.78 Å². The van der Waals surface area contributed by atoms with E-state index in [1.54, 1.807) is 18.3 Å². The molecule has 0 aliphatic carbocycles. The van der Waals surface area contributed by atoms with Gasteiger partial charge in [-0.05, 0) is 115 Å². The molecule has 4 aromatic rings. The molecule has 3 N–H and O–H groups in total. The zero-order chi connectivity index (χ0) is 35.6. The van der Waals surface area contributed by atoms with Gasteiger partial charge in [0.25, 0.3) is 6.43 Å². The maximum atomic E-state index is 14.4. The number of nitrogens with one attached hydrogen (secondary N) is 1. The molecule has 2 aliphatic heterocycles. The Kier molecular flexibility index (Phi) is 10.1. The third-order valence-electron chi connectivity index (χ3n) is 10.2. The highest BCUT2D eigenvalue weighted by molar-refractivity contribution is 6.09. The summed E-state index contributed by atoms with van der Waals surface area (Å²) in [6.45, 7) is 13.8. The molecule has 2 aliphatic rings. The summed E-state index contributed by atoms with van der Waals surface area (Å²) in [6.07, 6.45) is 2.86. The average Bonchev–Trinajstić information content (AvgIpc) is 3.51. The Morgan fingerprint density at radius 1 is 1.06 bits per heavy atom. The Balaban J connectivity index is 1.24. The van der Waals surface area contributed by atoms with Crippen LogP contribution in [0.2, 0.25) is 0 Å². The number of benzene rings is 3. The smallest absolute Gasteiger partial charge is 0.264 e. The minimum atomic E-state index is -2.74. The number of alkyl halides is 2. The molecule has 1 aromatic heterocycles. The van der Waals surface area contributed by atoms with Gasteiger partial charge in [-0.2, -0.15) is 5.26 Å². The second-order valence-electron chi connectivity index (χ2n) is 14.6. The zero-order valence-electron chi connectivity index (χ0n) is 29.5. The number of anilines is 1. The van der Waals surface area contributed by atoms with Gasteiger partial charge < -0.3 is 11.1 Å². The lowest BCUT2D eigenvalue weighted by Crippen LogP contribution is -2.37. The van der Waals surface area contributed by atoms with E-state index < -0.39 is 12.5 Å². The van der Waals surface area contributed by atoms with Crippen molar-refractivity contribution in [1.82, 2.24) is 9.88 Å². The molecule has 258 valence electrons. The van der Waals surface area contributed by atoms with E-state index >= 15 is 0 Å². The van der Waals surface area contributed by atoms with Crippen LogP contribution in [0.4, 0.5) is 25.8 Å². The fraction of sp³-hybridized carbons (Fsp3) is 0.366. The first-order valence-corrected chi connectivity index (χ1v) is 17.3. The number of aromatic nitrogens is 1. The quantitative estimate of drug-likeness (QED) is 0.136. The number of rotatable bonds is 9. The summed E-state index contributed by atoms with van der Waals surface area (Å²) in [5.41, 5.74) is 16.0. The Morgan fingerprint density at radius 3 is 2.50 bits per heavy atom. The maximum Gasteiger partial charge on any atom is 0.264 e. The van der Waals surface area contributed by atoms with E-state index in [1.165, 1.54) is 12.8 Å². The largest absolute Gasteiger partial charge is 0.390 e. The van der Waals surface area contributed by atoms with Crippen LogP contribution in [0.5, 0.6) is 0 Å². The second kappa shape index (κ2) is 14.5. The molecule has 0 radical (unpaired) electrons. The summed E-state index contributed by atoms with van der Waals surface area (Å²) in [7, 11) is 0. The number of pyridine rings is 1. The SMILES string of the molecule is Cc1cnc(C(Nc2cccc(-c3cccc(C4=Nc5cc(CN6CCC(C(C)(C)C)CC6)cc(C#N)c5C4)c3C)c2)C(F)F)c(N=CN)c1. The van der Waals surface area contributed by atoms with Gasteiger partial charge in [0.15, 0.2) is 0 Å². The van der Waals surface area contributed by atoms with Crippen molar-refractivity contribution in [2.45, 2.75) is 72.9 Å². The zero-order valence-corrected chi connectivity index (χ0v) is 29.5. The van der Waals surface area contributed by atoms with E-state index in [0.29, 0.717) is 28.8 Å². The molecule has 3 heterocycles. The lowest BCUT2D eigenvalue weighted by Gasteiger charge is -2.38. The number of hydrogen-bond acceptors (Lipinski definition) is 6. The van der Waals surface area contributed by atoms with Crippen molar-refractivity contribution in [3.05, 3.63) is 106 Å². The molecular formula is C41H45F2N7. The highest BCUT2D eigenvalue weighted by Gasteiger charge is 2.30. The number of aryl methyl sites for hydroxylation is 1. The topological polar surface area (TPSA) is 103 Å². The van der Waals surface area contributed by atoms with Gasteiger partial charge in [-0.15, -0.1) is 0 Å². The van der Waals surface area contributed by atoms with Gasteiger partial charge in [0, 0.05) is 30.4 Å². The van der Waals surface area contributed by atoms with E-state index in [1.807, 2.05) is 43.3 Å². The van der Waals surface area contributed by atoms with E-state index in [4.69, 9.17) is 10.7 Å². The van der Waals surface area contributed by atoms with Crippen molar-refractivity contribution in [1.29, 1.82) is 5.26 Å². The summed E-state index contributed by atoms with van der Waals surface area (Å²) in [5.74, 6) is 0.730. The first-order valence-electron chi connectivity index (χ1n) is 17.3. The van der Waals surface area contributed by atoms with Crippen molar-refractivity contribution >= 4 is 29.1 Å². The monoisotopic (exact) mass is 673 g/mol. The fourth-order valence-corrected chi connectivity index (χ4v) is 7.37. The molecule has 9 heteroatoms. The van der Waals surface area contributed by atoms with Crippen LogP contribution in [0.3, 0.4) is 0 Å². The molecule has 6 rings (SSSR count). The lowest BCUT2D eigenvalue weighted by molar-refractivity contribution is 0.108. The Morgan fingerprint density at radius 2 is 1.80 bits per heavy atom. The summed E-state index contributed by atoms with van der Waals surface area (Å²) in [5, 5.41) is 13.1. The molecular weight excluding hydrogens is 628 g/mol. The van der Waals surface area contributed by atoms with E-state index in [9.17, 15) is 14.0 Å². The molecule has 0 amide bonds. The first kappa shape index (κ1) is 34.9. The van der Waals surface area contributed by atoms with Crippen LogP contribution in [0.25, 0.3) is 11.1 Å². The number of aliphatic imine (C=N–C) groups is 2. The molecule has 7 nitrogen and oxygen atoms in total. The lowest BCUT2D eigenvalue weighted by atomic mass is 9.75. The Hall–Kier alpha value is -4.94. The van der Waals surface area contributed by atoms with Gasteiger partial charge in [-0.1, -0.05) is 51.1 Å². The minimum Gasteiger partial charge on any atom is -0.390 e. The van der Waals surface area contributed by atoms with Crippen molar-refractivity contribution in [3.63, 3.8) is 0 Å². The molecule has 1 saturated heterocycles. The van der Waals surface area contributed by atoms with Crippen LogP contribution >= 0.6 is 0 Å². The minimum absolute atomic E-state index is 0.125. The Bertz CT molecular complexity index is 1980. The molecule has 1 unspecified atom stereocenters. The van der Waals surface area contributed by atoms with E-state index in [2.05, 4.69) is 66.1 Å². The van der Waals surface area contributed by atoms with E-state index in [0.717, 1.165) is 82.2 Å². The fourth-order valence-electron chi connectivity index (χ4n) is 7.37. The molecule has 0 bridgehead atoms. The van der Waals surface area contributed by atoms with Gasteiger partial charge in [0.05, 0.1) is 40.8 Å². The highest BCUT2D eigenvalue weighted by Crippen LogP contribution is 2.38. The number of nitrogens with zero attached hydrogens (tertiary/aromatic N) is 5. The molecule has 0 saturated carbocycles. The summed E-state index contributed by atoms with van der Waals surface area (Å²) >= 11 is 0. The highest BCUT2D eigenvalue weighted by atomic mass is 19.3.